The van der Waals surface area contributed by atoms with Crippen molar-refractivity contribution >= 4 is 5.71 Å². The van der Waals surface area contributed by atoms with Gasteiger partial charge in [-0.2, -0.15) is 0 Å². The normalized spacial score (nSPS) is 28.6. The topological polar surface area (TPSA) is 12.4 Å². The quantitative estimate of drug-likeness (QED) is 0.547. The summed E-state index contributed by atoms with van der Waals surface area (Å²) in [6.45, 7) is 0.947. The summed E-state index contributed by atoms with van der Waals surface area (Å²) in [5.41, 5.74) is 4.17. The van der Waals surface area contributed by atoms with E-state index in [2.05, 4.69) is 41.4 Å². The third-order valence-electron chi connectivity index (χ3n) is 3.06. The summed E-state index contributed by atoms with van der Waals surface area (Å²) < 4.78 is 0. The van der Waals surface area contributed by atoms with Crippen molar-refractivity contribution in [1.82, 2.24) is 0 Å². The number of rotatable bonds is 0. The van der Waals surface area contributed by atoms with E-state index in [1.54, 1.807) is 0 Å². The van der Waals surface area contributed by atoms with Crippen LogP contribution in [-0.2, 0) is 0 Å². The molecule has 0 saturated carbocycles. The number of dihydropyridines is 1. The van der Waals surface area contributed by atoms with Crippen LogP contribution in [0.1, 0.15) is 12.8 Å². The Balaban J connectivity index is 2.13. The zero-order chi connectivity index (χ0) is 9.38. The van der Waals surface area contributed by atoms with Crippen molar-refractivity contribution < 1.29 is 0 Å². The molecular formula is C13H13N. The second kappa shape index (κ2) is 3.09. The van der Waals surface area contributed by atoms with Crippen LogP contribution in [0, 0.1) is 5.92 Å². The Morgan fingerprint density at radius 1 is 1.21 bits per heavy atom. The van der Waals surface area contributed by atoms with E-state index in [1.807, 2.05) is 0 Å². The lowest BCUT2D eigenvalue weighted by molar-refractivity contribution is 0.759. The maximum absolute atomic E-state index is 4.66. The Hall–Kier alpha value is -1.37. The van der Waals surface area contributed by atoms with Crippen LogP contribution in [-0.4, -0.2) is 12.3 Å². The number of allylic oxidation sites excluding steroid dienone is 6. The third kappa shape index (κ3) is 1.12. The molecule has 70 valence electrons. The van der Waals surface area contributed by atoms with E-state index in [4.69, 9.17) is 0 Å². The predicted molar refractivity (Wildman–Crippen MR) is 59.5 cm³/mol. The lowest BCUT2D eigenvalue weighted by Crippen LogP contribution is -2.20. The largest absolute Gasteiger partial charge is 0.288 e. The molecule has 0 N–H and O–H groups in total. The average Bonchev–Trinajstić information content (AvgIpc) is 2.29. The van der Waals surface area contributed by atoms with Gasteiger partial charge in [0.25, 0.3) is 0 Å². The van der Waals surface area contributed by atoms with Crippen molar-refractivity contribution in [3.63, 3.8) is 0 Å². The van der Waals surface area contributed by atoms with E-state index in [0.29, 0.717) is 5.92 Å². The van der Waals surface area contributed by atoms with Crippen LogP contribution < -0.4 is 0 Å². The minimum absolute atomic E-state index is 0.529. The number of nitrogens with zero attached hydrogens (tertiary/aromatic N) is 1. The third-order valence-corrected chi connectivity index (χ3v) is 3.06. The predicted octanol–water partition coefficient (Wildman–Crippen LogP) is 2.83. The second-order valence-electron chi connectivity index (χ2n) is 3.95. The summed E-state index contributed by atoms with van der Waals surface area (Å²) in [5, 5.41) is 0. The highest BCUT2D eigenvalue weighted by molar-refractivity contribution is 6.05. The molecule has 1 unspecified atom stereocenters. The van der Waals surface area contributed by atoms with E-state index in [9.17, 15) is 0 Å². The van der Waals surface area contributed by atoms with Gasteiger partial charge in [-0.15, -0.1) is 0 Å². The molecule has 0 saturated heterocycles. The Labute approximate surface area is 84.2 Å². The standard InChI is InChI=1S/C13H13N/c1-2-6-11-10(5-1)9-14-13-8-4-3-7-12(11)13/h1-3,5-7,10H,4,8-9H2. The molecule has 1 nitrogen and oxygen atoms in total. The highest BCUT2D eigenvalue weighted by Crippen LogP contribution is 2.31. The molecule has 1 aliphatic heterocycles. The SMILES string of the molecule is C1=CC2=C3C=CCCC3=NCC2C=C1. The van der Waals surface area contributed by atoms with Crippen molar-refractivity contribution in [2.75, 3.05) is 6.54 Å². The van der Waals surface area contributed by atoms with Gasteiger partial charge in [0, 0.05) is 18.2 Å². The van der Waals surface area contributed by atoms with Gasteiger partial charge in [0.05, 0.1) is 0 Å². The van der Waals surface area contributed by atoms with E-state index >= 15 is 0 Å². The van der Waals surface area contributed by atoms with Crippen LogP contribution in [0.5, 0.6) is 0 Å². The Kier molecular flexibility index (Phi) is 1.76. The van der Waals surface area contributed by atoms with Crippen LogP contribution in [0.15, 0.2) is 52.6 Å². The minimum atomic E-state index is 0.529. The molecular weight excluding hydrogens is 170 g/mol. The monoisotopic (exact) mass is 183 g/mol. The molecule has 2 aliphatic carbocycles. The van der Waals surface area contributed by atoms with Gasteiger partial charge in [0.15, 0.2) is 0 Å². The zero-order valence-corrected chi connectivity index (χ0v) is 8.11. The summed E-state index contributed by atoms with van der Waals surface area (Å²) in [6.07, 6.45) is 15.5. The van der Waals surface area contributed by atoms with Crippen molar-refractivity contribution in [2.45, 2.75) is 12.8 Å². The van der Waals surface area contributed by atoms with Gasteiger partial charge in [-0.1, -0.05) is 36.5 Å². The van der Waals surface area contributed by atoms with E-state index in [1.165, 1.54) is 16.9 Å². The van der Waals surface area contributed by atoms with Crippen LogP contribution in [0.25, 0.3) is 0 Å². The fourth-order valence-corrected chi connectivity index (χ4v) is 2.32. The van der Waals surface area contributed by atoms with Crippen LogP contribution in [0.3, 0.4) is 0 Å². The first-order valence-electron chi connectivity index (χ1n) is 5.24. The Morgan fingerprint density at radius 2 is 2.21 bits per heavy atom. The van der Waals surface area contributed by atoms with E-state index in [-0.39, 0.29) is 0 Å². The van der Waals surface area contributed by atoms with E-state index in [0.717, 1.165) is 19.4 Å². The molecule has 0 fully saturated rings. The Morgan fingerprint density at radius 3 is 3.21 bits per heavy atom. The summed E-state index contributed by atoms with van der Waals surface area (Å²) in [7, 11) is 0. The minimum Gasteiger partial charge on any atom is -0.288 e. The number of hydrogen-bond donors (Lipinski definition) is 0. The molecule has 1 heteroatoms. The number of fused-ring (bicyclic) bond motifs is 2. The van der Waals surface area contributed by atoms with Crippen LogP contribution in [0.2, 0.25) is 0 Å². The molecule has 3 rings (SSSR count). The lowest BCUT2D eigenvalue weighted by Gasteiger charge is -2.26. The number of aliphatic imine (C=N–C) groups is 1. The van der Waals surface area contributed by atoms with Gasteiger partial charge < -0.3 is 0 Å². The first-order valence-corrected chi connectivity index (χ1v) is 5.24. The molecule has 1 atom stereocenters. The van der Waals surface area contributed by atoms with Crippen LogP contribution in [0.4, 0.5) is 0 Å². The summed E-state index contributed by atoms with van der Waals surface area (Å²) in [4.78, 5) is 4.66. The maximum atomic E-state index is 4.66. The van der Waals surface area contributed by atoms with Gasteiger partial charge in [-0.05, 0) is 24.0 Å². The highest BCUT2D eigenvalue weighted by Gasteiger charge is 2.22. The smallest absolute Gasteiger partial charge is 0.0496 e. The van der Waals surface area contributed by atoms with Gasteiger partial charge in [-0.3, -0.25) is 4.99 Å². The van der Waals surface area contributed by atoms with Crippen molar-refractivity contribution in [1.29, 1.82) is 0 Å². The lowest BCUT2D eigenvalue weighted by atomic mass is 9.83. The number of hydrogen-bond acceptors (Lipinski definition) is 1. The first kappa shape index (κ1) is 7.98. The molecule has 0 spiro atoms. The second-order valence-corrected chi connectivity index (χ2v) is 3.95. The van der Waals surface area contributed by atoms with Crippen molar-refractivity contribution in [3.05, 3.63) is 47.6 Å². The molecule has 14 heavy (non-hydrogen) atoms. The molecule has 3 aliphatic rings. The summed E-state index contributed by atoms with van der Waals surface area (Å²) >= 11 is 0. The van der Waals surface area contributed by atoms with Gasteiger partial charge in [0.1, 0.15) is 0 Å². The molecule has 0 amide bonds. The fourth-order valence-electron chi connectivity index (χ4n) is 2.32. The van der Waals surface area contributed by atoms with Gasteiger partial charge in [-0.25, -0.2) is 0 Å². The van der Waals surface area contributed by atoms with E-state index < -0.39 is 0 Å². The Bertz CT molecular complexity index is 405. The maximum Gasteiger partial charge on any atom is 0.0496 e. The summed E-state index contributed by atoms with van der Waals surface area (Å²) in [6, 6.07) is 0. The average molecular weight is 183 g/mol. The molecule has 0 bridgehead atoms. The first-order chi connectivity index (χ1) is 6.95. The zero-order valence-electron chi connectivity index (χ0n) is 8.11. The molecule has 1 heterocycles. The molecule has 0 aromatic heterocycles. The van der Waals surface area contributed by atoms with Crippen LogP contribution >= 0.6 is 0 Å². The van der Waals surface area contributed by atoms with Gasteiger partial charge >= 0.3 is 0 Å². The fraction of sp³-hybridized carbons (Fsp3) is 0.308. The van der Waals surface area contributed by atoms with Crippen molar-refractivity contribution in [2.24, 2.45) is 10.9 Å². The molecule has 0 aromatic carbocycles. The van der Waals surface area contributed by atoms with Gasteiger partial charge in [0.2, 0.25) is 0 Å². The molecule has 0 radical (unpaired) electrons. The summed E-state index contributed by atoms with van der Waals surface area (Å²) in [5.74, 6) is 0.529. The molecule has 0 aromatic rings. The van der Waals surface area contributed by atoms with Crippen molar-refractivity contribution in [3.8, 4) is 0 Å². The highest BCUT2D eigenvalue weighted by atomic mass is 14.8.